The van der Waals surface area contributed by atoms with E-state index < -0.39 is 12.1 Å². The molecule has 0 atom stereocenters. The molecule has 1 heterocycles. The van der Waals surface area contributed by atoms with Gasteiger partial charge in [-0.25, -0.2) is 9.59 Å². The van der Waals surface area contributed by atoms with Crippen LogP contribution in [0.15, 0.2) is 48.5 Å². The number of H-pyrrole nitrogens is 1. The number of hydrogen-bond donors (Lipinski definition) is 3. The number of benzene rings is 2. The van der Waals surface area contributed by atoms with Crippen molar-refractivity contribution in [3.63, 3.8) is 0 Å². The number of carboxylic acids is 1. The molecule has 0 fully saturated rings. The molecular formula is C20H20N2O5. The number of nitrogens with one attached hydrogen (secondary N) is 2. The quantitative estimate of drug-likeness (QED) is 0.590. The SMILES string of the molecule is CCOC(=O)NCc1c(C(=O)O)[nH]c2cc(OCc3ccccc3)ccc12. The van der Waals surface area contributed by atoms with Crippen LogP contribution in [0.3, 0.4) is 0 Å². The predicted octanol–water partition coefficient (Wildman–Crippen LogP) is 3.69. The Labute approximate surface area is 155 Å². The third-order valence-corrected chi connectivity index (χ3v) is 4.02. The van der Waals surface area contributed by atoms with Crippen molar-refractivity contribution in [1.82, 2.24) is 10.3 Å². The topological polar surface area (TPSA) is 101 Å². The average molecular weight is 368 g/mol. The number of aromatic nitrogens is 1. The maximum Gasteiger partial charge on any atom is 0.407 e. The van der Waals surface area contributed by atoms with E-state index in [2.05, 4.69) is 10.3 Å². The third-order valence-electron chi connectivity index (χ3n) is 4.02. The first-order chi connectivity index (χ1) is 13.1. The molecule has 0 saturated heterocycles. The van der Waals surface area contributed by atoms with E-state index in [4.69, 9.17) is 9.47 Å². The second-order valence-electron chi connectivity index (χ2n) is 5.84. The van der Waals surface area contributed by atoms with Gasteiger partial charge in [0.05, 0.1) is 12.1 Å². The van der Waals surface area contributed by atoms with E-state index in [1.807, 2.05) is 30.3 Å². The van der Waals surface area contributed by atoms with Crippen LogP contribution >= 0.6 is 0 Å². The summed E-state index contributed by atoms with van der Waals surface area (Å²) in [7, 11) is 0. The minimum atomic E-state index is -1.10. The molecule has 0 spiro atoms. The molecule has 3 rings (SSSR count). The lowest BCUT2D eigenvalue weighted by molar-refractivity contribution is 0.0689. The second-order valence-corrected chi connectivity index (χ2v) is 5.84. The molecule has 3 N–H and O–H groups in total. The van der Waals surface area contributed by atoms with Gasteiger partial charge in [-0.2, -0.15) is 0 Å². The van der Waals surface area contributed by atoms with Crippen LogP contribution in [0.25, 0.3) is 10.9 Å². The van der Waals surface area contributed by atoms with Gasteiger partial charge in [0.15, 0.2) is 0 Å². The van der Waals surface area contributed by atoms with Crippen LogP contribution in [-0.2, 0) is 17.9 Å². The van der Waals surface area contributed by atoms with Crippen molar-refractivity contribution >= 4 is 23.0 Å². The number of amides is 1. The lowest BCUT2D eigenvalue weighted by atomic mass is 10.1. The molecule has 0 aliphatic carbocycles. The van der Waals surface area contributed by atoms with Gasteiger partial charge >= 0.3 is 12.1 Å². The number of ether oxygens (including phenoxy) is 2. The zero-order valence-electron chi connectivity index (χ0n) is 14.8. The van der Waals surface area contributed by atoms with Crippen LogP contribution in [0, 0.1) is 0 Å². The number of rotatable bonds is 7. The largest absolute Gasteiger partial charge is 0.489 e. The van der Waals surface area contributed by atoms with Crippen molar-refractivity contribution in [2.75, 3.05) is 6.61 Å². The minimum Gasteiger partial charge on any atom is -0.489 e. The third kappa shape index (κ3) is 4.38. The molecule has 3 aromatic rings. The number of hydrogen-bond acceptors (Lipinski definition) is 4. The Hall–Kier alpha value is -3.48. The maximum absolute atomic E-state index is 11.6. The van der Waals surface area contributed by atoms with Gasteiger partial charge in [-0.15, -0.1) is 0 Å². The number of aromatic carboxylic acids is 1. The van der Waals surface area contributed by atoms with Gasteiger partial charge in [0.2, 0.25) is 0 Å². The van der Waals surface area contributed by atoms with E-state index in [0.29, 0.717) is 28.8 Å². The monoisotopic (exact) mass is 368 g/mol. The van der Waals surface area contributed by atoms with Crippen LogP contribution in [0.1, 0.15) is 28.5 Å². The minimum absolute atomic E-state index is 0.0296. The summed E-state index contributed by atoms with van der Waals surface area (Å²) in [5, 5.41) is 12.7. The maximum atomic E-state index is 11.6. The van der Waals surface area contributed by atoms with E-state index in [9.17, 15) is 14.7 Å². The first-order valence-electron chi connectivity index (χ1n) is 8.53. The van der Waals surface area contributed by atoms with Crippen molar-refractivity contribution in [1.29, 1.82) is 0 Å². The number of alkyl carbamates (subject to hydrolysis) is 1. The van der Waals surface area contributed by atoms with Crippen LogP contribution in [0.2, 0.25) is 0 Å². The van der Waals surface area contributed by atoms with Crippen molar-refractivity contribution in [2.45, 2.75) is 20.1 Å². The molecule has 0 aliphatic heterocycles. The average Bonchev–Trinajstić information content (AvgIpc) is 3.04. The summed E-state index contributed by atoms with van der Waals surface area (Å²) < 4.78 is 10.6. The zero-order valence-corrected chi connectivity index (χ0v) is 14.8. The predicted molar refractivity (Wildman–Crippen MR) is 99.9 cm³/mol. The second kappa shape index (κ2) is 8.27. The van der Waals surface area contributed by atoms with E-state index in [1.54, 1.807) is 25.1 Å². The highest BCUT2D eigenvalue weighted by Crippen LogP contribution is 2.27. The van der Waals surface area contributed by atoms with Crippen LogP contribution < -0.4 is 10.1 Å². The molecule has 1 amide bonds. The molecule has 7 nitrogen and oxygen atoms in total. The van der Waals surface area contributed by atoms with E-state index in [-0.39, 0.29) is 18.8 Å². The summed E-state index contributed by atoms with van der Waals surface area (Å²) in [6, 6.07) is 15.1. The van der Waals surface area contributed by atoms with Gasteiger partial charge in [-0.05, 0) is 24.6 Å². The van der Waals surface area contributed by atoms with Gasteiger partial charge in [0, 0.05) is 23.6 Å². The summed E-state index contributed by atoms with van der Waals surface area (Å²) in [4.78, 5) is 26.0. The number of fused-ring (bicyclic) bond motifs is 1. The number of aromatic amines is 1. The van der Waals surface area contributed by atoms with E-state index in [0.717, 1.165) is 5.56 Å². The molecule has 0 aliphatic rings. The highest BCUT2D eigenvalue weighted by Gasteiger charge is 2.18. The van der Waals surface area contributed by atoms with Crippen molar-refractivity contribution < 1.29 is 24.2 Å². The Bertz CT molecular complexity index is 950. The number of carbonyl (C=O) groups excluding carboxylic acids is 1. The Balaban J connectivity index is 1.82. The van der Waals surface area contributed by atoms with Gasteiger partial charge in [-0.1, -0.05) is 30.3 Å². The molecule has 0 bridgehead atoms. The fourth-order valence-electron chi connectivity index (χ4n) is 2.77. The normalized spacial score (nSPS) is 10.6. The van der Waals surface area contributed by atoms with Crippen LogP contribution in [0.5, 0.6) is 5.75 Å². The molecular weight excluding hydrogens is 348 g/mol. The molecule has 0 radical (unpaired) electrons. The first kappa shape index (κ1) is 18.3. The van der Waals surface area contributed by atoms with Crippen molar-refractivity contribution in [3.8, 4) is 5.75 Å². The molecule has 2 aromatic carbocycles. The first-order valence-corrected chi connectivity index (χ1v) is 8.53. The van der Waals surface area contributed by atoms with Crippen molar-refractivity contribution in [3.05, 3.63) is 65.4 Å². The Morgan fingerprint density at radius 2 is 1.93 bits per heavy atom. The molecule has 7 heteroatoms. The molecule has 27 heavy (non-hydrogen) atoms. The molecule has 1 aromatic heterocycles. The van der Waals surface area contributed by atoms with Crippen molar-refractivity contribution in [2.24, 2.45) is 0 Å². The van der Waals surface area contributed by atoms with E-state index >= 15 is 0 Å². The summed E-state index contributed by atoms with van der Waals surface area (Å²) in [5.74, 6) is -0.479. The fourth-order valence-corrected chi connectivity index (χ4v) is 2.77. The van der Waals surface area contributed by atoms with Crippen LogP contribution in [0.4, 0.5) is 4.79 Å². The van der Waals surface area contributed by atoms with Gasteiger partial charge < -0.3 is 24.9 Å². The number of carbonyl (C=O) groups is 2. The Morgan fingerprint density at radius 3 is 2.63 bits per heavy atom. The summed E-state index contributed by atoms with van der Waals surface area (Å²) in [5.41, 5.74) is 2.18. The summed E-state index contributed by atoms with van der Waals surface area (Å²) in [6.07, 6.45) is -0.592. The highest BCUT2D eigenvalue weighted by atomic mass is 16.5. The smallest absolute Gasteiger partial charge is 0.407 e. The Morgan fingerprint density at radius 1 is 1.15 bits per heavy atom. The van der Waals surface area contributed by atoms with E-state index in [1.165, 1.54) is 0 Å². The molecule has 0 unspecified atom stereocenters. The van der Waals surface area contributed by atoms with Gasteiger partial charge in [0.1, 0.15) is 18.1 Å². The summed E-state index contributed by atoms with van der Waals surface area (Å²) >= 11 is 0. The standard InChI is InChI=1S/C20H20N2O5/c1-2-26-20(25)21-11-16-15-9-8-14(10-17(15)22-18(16)19(23)24)27-12-13-6-4-3-5-7-13/h3-10,22H,2,11-12H2,1H3,(H,21,25)(H,23,24). The van der Waals surface area contributed by atoms with Gasteiger partial charge in [0.25, 0.3) is 0 Å². The zero-order chi connectivity index (χ0) is 19.2. The lowest BCUT2D eigenvalue weighted by Gasteiger charge is -2.07. The van der Waals surface area contributed by atoms with Crippen LogP contribution in [-0.4, -0.2) is 28.8 Å². The molecule has 0 saturated carbocycles. The van der Waals surface area contributed by atoms with Gasteiger partial charge in [-0.3, -0.25) is 0 Å². The Kier molecular flexibility index (Phi) is 5.61. The highest BCUT2D eigenvalue weighted by molar-refractivity contribution is 5.98. The molecule has 140 valence electrons. The lowest BCUT2D eigenvalue weighted by Crippen LogP contribution is -2.24. The summed E-state index contributed by atoms with van der Waals surface area (Å²) in [6.45, 7) is 2.40. The fraction of sp³-hybridized carbons (Fsp3) is 0.200. The number of carboxylic acid groups (broad SMARTS) is 1.